The van der Waals surface area contributed by atoms with Crippen molar-refractivity contribution in [1.29, 1.82) is 0 Å². The quantitative estimate of drug-likeness (QED) is 0.584. The van der Waals surface area contributed by atoms with Crippen molar-refractivity contribution < 1.29 is 9.59 Å². The Labute approximate surface area is 193 Å². The summed E-state index contributed by atoms with van der Waals surface area (Å²) < 4.78 is 3.12. The maximum absolute atomic E-state index is 14.0. The van der Waals surface area contributed by atoms with Crippen LogP contribution < -0.4 is 10.2 Å². The molecule has 1 fully saturated rings. The number of anilines is 1. The molecule has 0 unspecified atom stereocenters. The van der Waals surface area contributed by atoms with Gasteiger partial charge in [-0.25, -0.2) is 0 Å². The fraction of sp³-hybridized carbons (Fsp3) is 0.462. The van der Waals surface area contributed by atoms with Crippen molar-refractivity contribution in [2.45, 2.75) is 65.1 Å². The summed E-state index contributed by atoms with van der Waals surface area (Å²) in [6.07, 6.45) is 3.33. The Hall–Kier alpha value is -2.60. The van der Waals surface area contributed by atoms with Gasteiger partial charge in [-0.2, -0.15) is 0 Å². The number of para-hydroxylation sites is 1. The molecule has 1 aliphatic heterocycles. The van der Waals surface area contributed by atoms with Gasteiger partial charge in [0.15, 0.2) is 0 Å². The number of hydrogen-bond donors (Lipinski definition) is 1. The Morgan fingerprint density at radius 2 is 1.97 bits per heavy atom. The predicted octanol–water partition coefficient (Wildman–Crippen LogP) is 5.37. The third kappa shape index (κ3) is 3.19. The summed E-state index contributed by atoms with van der Waals surface area (Å²) in [6, 6.07) is 12.0. The fourth-order valence-electron chi connectivity index (χ4n) is 5.51. The lowest BCUT2D eigenvalue weighted by Crippen LogP contribution is -2.66. The summed E-state index contributed by atoms with van der Waals surface area (Å²) in [5.41, 5.74) is 2.45. The number of aryl methyl sites for hydroxylation is 1. The van der Waals surface area contributed by atoms with Crippen molar-refractivity contribution in [3.05, 3.63) is 53.0 Å². The van der Waals surface area contributed by atoms with Crippen LogP contribution in [0.4, 0.5) is 5.69 Å². The topological polar surface area (TPSA) is 54.3 Å². The highest BCUT2D eigenvalue weighted by Crippen LogP contribution is 2.39. The molecular weight excluding hydrogens is 418 g/mol. The molecule has 1 aliphatic carbocycles. The third-order valence-corrected chi connectivity index (χ3v) is 8.63. The molecule has 0 radical (unpaired) electrons. The van der Waals surface area contributed by atoms with Gasteiger partial charge < -0.3 is 9.88 Å². The number of carbonyl (C=O) groups excluding carboxylic acids is 2. The molecule has 1 saturated carbocycles. The SMILES string of the molecule is Cc1ccccc1N1C(=O)c2cc3sccc3n2C[C@]1(C)C(=O)N[C@@H]1CCC[C@@H](C)[C@@H]1C. The van der Waals surface area contributed by atoms with E-state index >= 15 is 0 Å². The Kier molecular flexibility index (Phi) is 5.16. The van der Waals surface area contributed by atoms with Crippen LogP contribution in [-0.4, -0.2) is 28.0 Å². The zero-order valence-corrected chi connectivity index (χ0v) is 20.0. The predicted molar refractivity (Wildman–Crippen MR) is 130 cm³/mol. The average molecular weight is 450 g/mol. The molecule has 4 atom stereocenters. The first-order chi connectivity index (χ1) is 15.3. The molecule has 0 bridgehead atoms. The minimum absolute atomic E-state index is 0.0669. The van der Waals surface area contributed by atoms with E-state index in [-0.39, 0.29) is 17.9 Å². The van der Waals surface area contributed by atoms with Crippen LogP contribution in [0.25, 0.3) is 10.2 Å². The summed E-state index contributed by atoms with van der Waals surface area (Å²) >= 11 is 1.63. The molecule has 0 saturated heterocycles. The van der Waals surface area contributed by atoms with Crippen LogP contribution in [0, 0.1) is 18.8 Å². The number of hydrogen-bond acceptors (Lipinski definition) is 3. The van der Waals surface area contributed by atoms with Gasteiger partial charge in [-0.3, -0.25) is 14.5 Å². The molecule has 2 aromatic heterocycles. The first kappa shape index (κ1) is 21.3. The Morgan fingerprint density at radius 1 is 1.19 bits per heavy atom. The number of rotatable bonds is 3. The van der Waals surface area contributed by atoms with Crippen molar-refractivity contribution in [1.82, 2.24) is 9.88 Å². The highest BCUT2D eigenvalue weighted by Gasteiger charge is 2.49. The maximum atomic E-state index is 14.0. The molecule has 1 aromatic carbocycles. The van der Waals surface area contributed by atoms with Crippen molar-refractivity contribution in [3.63, 3.8) is 0 Å². The maximum Gasteiger partial charge on any atom is 0.275 e. The van der Waals surface area contributed by atoms with Gasteiger partial charge in [0.1, 0.15) is 11.2 Å². The van der Waals surface area contributed by atoms with Crippen molar-refractivity contribution in [2.24, 2.45) is 11.8 Å². The largest absolute Gasteiger partial charge is 0.351 e. The molecule has 5 nitrogen and oxygen atoms in total. The molecular formula is C26H31N3O2S. The molecule has 0 spiro atoms. The van der Waals surface area contributed by atoms with Crippen molar-refractivity contribution >= 4 is 39.1 Å². The van der Waals surface area contributed by atoms with Crippen LogP contribution in [-0.2, 0) is 11.3 Å². The van der Waals surface area contributed by atoms with Crippen LogP contribution in [0.1, 0.15) is 56.1 Å². The first-order valence-corrected chi connectivity index (χ1v) is 12.5. The molecule has 2 amide bonds. The van der Waals surface area contributed by atoms with Gasteiger partial charge in [0.25, 0.3) is 5.91 Å². The van der Waals surface area contributed by atoms with E-state index < -0.39 is 5.54 Å². The summed E-state index contributed by atoms with van der Waals surface area (Å²) in [5, 5.41) is 5.41. The van der Waals surface area contributed by atoms with E-state index in [1.54, 1.807) is 16.2 Å². The summed E-state index contributed by atoms with van der Waals surface area (Å²) in [6.45, 7) is 8.86. The number of nitrogens with zero attached hydrogens (tertiary/aromatic N) is 2. The van der Waals surface area contributed by atoms with Crippen molar-refractivity contribution in [2.75, 3.05) is 4.90 Å². The van der Waals surface area contributed by atoms with Gasteiger partial charge in [-0.15, -0.1) is 11.3 Å². The van der Waals surface area contributed by atoms with Crippen LogP contribution in [0.2, 0.25) is 0 Å². The minimum Gasteiger partial charge on any atom is -0.351 e. The van der Waals surface area contributed by atoms with Gasteiger partial charge in [0.05, 0.1) is 16.8 Å². The number of carbonyl (C=O) groups is 2. The number of benzene rings is 1. The number of aromatic nitrogens is 1. The normalized spacial score (nSPS) is 28.1. The summed E-state index contributed by atoms with van der Waals surface area (Å²) in [7, 11) is 0. The van der Waals surface area contributed by atoms with Crippen molar-refractivity contribution in [3.8, 4) is 0 Å². The highest BCUT2D eigenvalue weighted by atomic mass is 32.1. The molecule has 1 N–H and O–H groups in total. The summed E-state index contributed by atoms with van der Waals surface area (Å²) in [4.78, 5) is 29.6. The molecule has 5 rings (SSSR count). The fourth-order valence-corrected chi connectivity index (χ4v) is 6.34. The van der Waals surface area contributed by atoms with Gasteiger partial charge in [-0.1, -0.05) is 44.9 Å². The Bertz CT molecular complexity index is 1190. The van der Waals surface area contributed by atoms with Gasteiger partial charge >= 0.3 is 0 Å². The van der Waals surface area contributed by atoms with Gasteiger partial charge in [-0.05, 0) is 61.2 Å². The number of thiophene rings is 1. The van der Waals surface area contributed by atoms with Crippen LogP contribution in [0.3, 0.4) is 0 Å². The Balaban J connectivity index is 1.60. The van der Waals surface area contributed by atoms with Gasteiger partial charge in [0, 0.05) is 11.7 Å². The second-order valence-corrected chi connectivity index (χ2v) is 10.8. The number of fused-ring (bicyclic) bond motifs is 3. The second kappa shape index (κ2) is 7.77. The number of amides is 2. The van der Waals surface area contributed by atoms with E-state index in [4.69, 9.17) is 0 Å². The van der Waals surface area contributed by atoms with E-state index in [2.05, 4.69) is 19.2 Å². The van der Waals surface area contributed by atoms with E-state index in [1.807, 2.05) is 60.2 Å². The molecule has 3 heterocycles. The molecule has 2 aliphatic rings. The minimum atomic E-state index is -1.02. The van der Waals surface area contributed by atoms with Crippen LogP contribution in [0.15, 0.2) is 41.8 Å². The van der Waals surface area contributed by atoms with E-state index in [0.717, 1.165) is 34.3 Å². The molecule has 168 valence electrons. The lowest BCUT2D eigenvalue weighted by atomic mass is 9.77. The van der Waals surface area contributed by atoms with Gasteiger partial charge in [0.2, 0.25) is 5.91 Å². The van der Waals surface area contributed by atoms with E-state index in [9.17, 15) is 9.59 Å². The lowest BCUT2D eigenvalue weighted by molar-refractivity contribution is -0.128. The zero-order valence-electron chi connectivity index (χ0n) is 19.2. The average Bonchev–Trinajstić information content (AvgIpc) is 3.35. The zero-order chi connectivity index (χ0) is 22.6. The van der Waals surface area contributed by atoms with Crippen LogP contribution >= 0.6 is 11.3 Å². The molecule has 6 heteroatoms. The standard InChI is InChI=1S/C26H31N3O2S/c1-16-9-7-10-19(18(16)3)27-25(31)26(4)15-28-21-12-13-32-23(21)14-22(28)24(30)29(26)20-11-6-5-8-17(20)2/h5-6,8,11-14,16,18-19H,7,9-10,15H2,1-4H3,(H,27,31)/t16-,18+,19-,26-/m1/s1. The first-order valence-electron chi connectivity index (χ1n) is 11.6. The monoisotopic (exact) mass is 449 g/mol. The van der Waals surface area contributed by atoms with E-state index in [0.29, 0.717) is 24.1 Å². The summed E-state index contributed by atoms with van der Waals surface area (Å²) in [5.74, 6) is 0.830. The second-order valence-electron chi connectivity index (χ2n) is 9.83. The lowest BCUT2D eigenvalue weighted by Gasteiger charge is -2.46. The molecule has 3 aromatic rings. The van der Waals surface area contributed by atoms with Crippen LogP contribution in [0.5, 0.6) is 0 Å². The molecule has 32 heavy (non-hydrogen) atoms. The number of nitrogens with one attached hydrogen (secondary N) is 1. The Morgan fingerprint density at radius 3 is 2.75 bits per heavy atom. The third-order valence-electron chi connectivity index (χ3n) is 7.77. The highest BCUT2D eigenvalue weighted by molar-refractivity contribution is 7.17. The van der Waals surface area contributed by atoms with E-state index in [1.165, 1.54) is 6.42 Å². The smallest absolute Gasteiger partial charge is 0.275 e.